The van der Waals surface area contributed by atoms with Crippen LogP contribution in [0.5, 0.6) is 0 Å². The minimum Gasteiger partial charge on any atom is -0.394 e. The van der Waals surface area contributed by atoms with E-state index in [4.69, 9.17) is 9.47 Å². The highest BCUT2D eigenvalue weighted by molar-refractivity contribution is 5.93. The van der Waals surface area contributed by atoms with Crippen LogP contribution in [-0.2, 0) is 9.47 Å². The molecule has 2 saturated heterocycles. The summed E-state index contributed by atoms with van der Waals surface area (Å²) in [7, 11) is 0. The number of aliphatic hydroxyl groups is 8. The van der Waals surface area contributed by atoms with E-state index in [1.54, 1.807) is 24.3 Å². The number of benzene rings is 2. The van der Waals surface area contributed by atoms with E-state index < -0.39 is 74.3 Å². The summed E-state index contributed by atoms with van der Waals surface area (Å²) in [4.78, 5) is 0. The van der Waals surface area contributed by atoms with Crippen LogP contribution in [0.1, 0.15) is 11.1 Å². The molecule has 2 aliphatic heterocycles. The van der Waals surface area contributed by atoms with Gasteiger partial charge in [-0.15, -0.1) is 0 Å². The fourth-order valence-corrected chi connectivity index (χ4v) is 4.29. The fraction of sp³-hybridized carbons (Fsp3) is 0.462. The van der Waals surface area contributed by atoms with Crippen LogP contribution in [0.15, 0.2) is 36.4 Å². The van der Waals surface area contributed by atoms with Crippen molar-refractivity contribution in [2.75, 3.05) is 13.2 Å². The molecule has 10 unspecified atom stereocenters. The number of rotatable bonds is 2. The summed E-state index contributed by atoms with van der Waals surface area (Å²) in [5.41, 5.74) is 1.03. The van der Waals surface area contributed by atoms with Crippen molar-refractivity contribution in [3.63, 3.8) is 0 Å². The molecule has 10 nitrogen and oxygen atoms in total. The Hall–Kier alpha value is -2.58. The molecular formula is C26H28O10. The quantitative estimate of drug-likeness (QED) is 0.201. The molecule has 0 radical (unpaired) electrons. The van der Waals surface area contributed by atoms with E-state index in [0.29, 0.717) is 16.5 Å². The van der Waals surface area contributed by atoms with Crippen molar-refractivity contribution in [1.82, 2.24) is 0 Å². The van der Waals surface area contributed by atoms with Crippen LogP contribution in [0.2, 0.25) is 0 Å². The van der Waals surface area contributed by atoms with Gasteiger partial charge in [-0.05, 0) is 17.5 Å². The van der Waals surface area contributed by atoms with Crippen LogP contribution in [-0.4, -0.2) is 115 Å². The van der Waals surface area contributed by atoms with Crippen molar-refractivity contribution in [1.29, 1.82) is 0 Å². The fourth-order valence-electron chi connectivity index (χ4n) is 4.29. The second-order valence-electron chi connectivity index (χ2n) is 8.75. The monoisotopic (exact) mass is 500 g/mol. The molecule has 10 heteroatoms. The van der Waals surface area contributed by atoms with E-state index in [-0.39, 0.29) is 0 Å². The highest BCUT2D eigenvalue weighted by atomic mass is 16.5. The van der Waals surface area contributed by atoms with Gasteiger partial charge in [0.1, 0.15) is 61.0 Å². The third kappa shape index (κ3) is 5.11. The zero-order chi connectivity index (χ0) is 26.0. The Balaban J connectivity index is 1.68. The third-order valence-corrected chi connectivity index (χ3v) is 6.39. The van der Waals surface area contributed by atoms with Gasteiger partial charge in [0.15, 0.2) is 0 Å². The Labute approximate surface area is 207 Å². The molecule has 10 atom stereocenters. The molecule has 0 spiro atoms. The molecule has 0 aromatic heterocycles. The lowest BCUT2D eigenvalue weighted by Gasteiger charge is -2.37. The van der Waals surface area contributed by atoms with Gasteiger partial charge in [0, 0.05) is 16.5 Å². The summed E-state index contributed by atoms with van der Waals surface area (Å²) in [6, 6.07) is 10.7. The molecule has 36 heavy (non-hydrogen) atoms. The molecular weight excluding hydrogens is 472 g/mol. The zero-order valence-corrected chi connectivity index (χ0v) is 19.0. The topological polar surface area (TPSA) is 180 Å². The maximum atomic E-state index is 10.3. The Bertz CT molecular complexity index is 1100. The smallest absolute Gasteiger partial charge is 0.147 e. The summed E-state index contributed by atoms with van der Waals surface area (Å²) in [6.07, 6.45) is -13.5. The largest absolute Gasteiger partial charge is 0.394 e. The molecule has 2 heterocycles. The average molecular weight is 501 g/mol. The zero-order valence-electron chi connectivity index (χ0n) is 19.0. The van der Waals surface area contributed by atoms with Crippen molar-refractivity contribution >= 4 is 10.8 Å². The summed E-state index contributed by atoms with van der Waals surface area (Å²) in [5.74, 6) is 11.3. The summed E-state index contributed by atoms with van der Waals surface area (Å²) in [5, 5.41) is 80.7. The maximum Gasteiger partial charge on any atom is 0.147 e. The van der Waals surface area contributed by atoms with E-state index in [2.05, 4.69) is 23.7 Å². The Kier molecular flexibility index (Phi) is 8.25. The number of fused-ring (bicyclic) bond motifs is 1. The molecule has 2 fully saturated rings. The van der Waals surface area contributed by atoms with E-state index in [1.807, 2.05) is 12.1 Å². The Morgan fingerprint density at radius 1 is 0.583 bits per heavy atom. The summed E-state index contributed by atoms with van der Waals surface area (Å²) >= 11 is 0. The molecule has 2 aromatic rings. The van der Waals surface area contributed by atoms with Gasteiger partial charge in [-0.2, -0.15) is 0 Å². The molecule has 2 aromatic carbocycles. The van der Waals surface area contributed by atoms with Gasteiger partial charge in [0.25, 0.3) is 0 Å². The Morgan fingerprint density at radius 2 is 1.00 bits per heavy atom. The highest BCUT2D eigenvalue weighted by Gasteiger charge is 2.43. The third-order valence-electron chi connectivity index (χ3n) is 6.39. The minimum atomic E-state index is -1.54. The normalized spacial score (nSPS) is 36.4. The first kappa shape index (κ1) is 26.5. The lowest BCUT2D eigenvalue weighted by atomic mass is 9.94. The van der Waals surface area contributed by atoms with Crippen LogP contribution >= 0.6 is 0 Å². The van der Waals surface area contributed by atoms with Crippen LogP contribution in [0.4, 0.5) is 0 Å². The van der Waals surface area contributed by atoms with E-state index in [1.165, 1.54) is 0 Å². The second kappa shape index (κ2) is 11.2. The van der Waals surface area contributed by atoms with Gasteiger partial charge in [-0.1, -0.05) is 47.9 Å². The van der Waals surface area contributed by atoms with Crippen molar-refractivity contribution in [3.05, 3.63) is 47.5 Å². The van der Waals surface area contributed by atoms with Crippen molar-refractivity contribution in [2.45, 2.75) is 61.0 Å². The predicted molar refractivity (Wildman–Crippen MR) is 125 cm³/mol. The molecule has 4 rings (SSSR count). The van der Waals surface area contributed by atoms with E-state index in [9.17, 15) is 40.9 Å². The lowest BCUT2D eigenvalue weighted by molar-refractivity contribution is -0.214. The van der Waals surface area contributed by atoms with E-state index in [0.717, 1.165) is 5.39 Å². The van der Waals surface area contributed by atoms with Crippen LogP contribution < -0.4 is 0 Å². The number of ether oxygens (including phenoxy) is 2. The molecule has 0 saturated carbocycles. The highest BCUT2D eigenvalue weighted by Crippen LogP contribution is 2.25. The first-order valence-corrected chi connectivity index (χ1v) is 11.4. The maximum absolute atomic E-state index is 10.3. The number of hydrogen-bond donors (Lipinski definition) is 8. The first-order chi connectivity index (χ1) is 17.3. The molecule has 8 N–H and O–H groups in total. The van der Waals surface area contributed by atoms with Crippen LogP contribution in [0.25, 0.3) is 10.8 Å². The number of hydrogen-bond acceptors (Lipinski definition) is 10. The first-order valence-electron chi connectivity index (χ1n) is 11.4. The summed E-state index contributed by atoms with van der Waals surface area (Å²) < 4.78 is 10.9. The van der Waals surface area contributed by atoms with Crippen molar-refractivity contribution < 1.29 is 50.3 Å². The minimum absolute atomic E-state index is 0.517. The predicted octanol–water partition coefficient (Wildman–Crippen LogP) is -2.77. The van der Waals surface area contributed by atoms with Crippen LogP contribution in [0.3, 0.4) is 0 Å². The van der Waals surface area contributed by atoms with E-state index >= 15 is 0 Å². The van der Waals surface area contributed by atoms with Gasteiger partial charge in [0.05, 0.1) is 13.2 Å². The molecule has 0 bridgehead atoms. The van der Waals surface area contributed by atoms with Gasteiger partial charge >= 0.3 is 0 Å². The molecule has 0 amide bonds. The second-order valence-corrected chi connectivity index (χ2v) is 8.75. The van der Waals surface area contributed by atoms with Gasteiger partial charge in [-0.3, -0.25) is 0 Å². The van der Waals surface area contributed by atoms with Gasteiger partial charge in [-0.25, -0.2) is 0 Å². The number of aliphatic hydroxyl groups excluding tert-OH is 8. The summed E-state index contributed by atoms with van der Waals surface area (Å²) in [6.45, 7) is -1.12. The van der Waals surface area contributed by atoms with Gasteiger partial charge in [0.2, 0.25) is 0 Å². The average Bonchev–Trinajstić information content (AvgIpc) is 2.89. The SMILES string of the molecule is OCC1OC(C#Cc2cccc3cccc(C#CC4OC(CO)C(O)C(O)C4O)c23)C(O)C(O)C1O. The van der Waals surface area contributed by atoms with Crippen molar-refractivity contribution in [3.8, 4) is 23.7 Å². The van der Waals surface area contributed by atoms with Crippen LogP contribution in [0, 0.1) is 23.7 Å². The Morgan fingerprint density at radius 3 is 1.39 bits per heavy atom. The van der Waals surface area contributed by atoms with Gasteiger partial charge < -0.3 is 50.3 Å². The standard InChI is InChI=1S/C26H28O10/c27-11-18-23(31)25(33)21(29)16(35-18)9-7-14-5-1-3-13-4-2-6-15(20(13)14)8-10-17-22(30)26(34)24(32)19(12-28)36-17/h1-6,16-19,21-34H,11-12H2. The molecule has 2 aliphatic rings. The molecule has 0 aliphatic carbocycles. The van der Waals surface area contributed by atoms with Crippen molar-refractivity contribution in [2.24, 2.45) is 0 Å². The molecule has 192 valence electrons. The lowest BCUT2D eigenvalue weighted by Crippen LogP contribution is -2.58.